The second kappa shape index (κ2) is 4.55. The van der Waals surface area contributed by atoms with Crippen LogP contribution in [-0.4, -0.2) is 0 Å². The van der Waals surface area contributed by atoms with Crippen molar-refractivity contribution in [1.29, 1.82) is 15.8 Å². The van der Waals surface area contributed by atoms with Gasteiger partial charge in [-0.25, -0.2) is 0 Å². The van der Waals surface area contributed by atoms with E-state index in [1.807, 2.05) is 18.2 Å². The van der Waals surface area contributed by atoms with Crippen molar-refractivity contribution in [3.05, 3.63) is 51.4 Å². The van der Waals surface area contributed by atoms with Gasteiger partial charge in [0.1, 0.15) is 11.3 Å². The van der Waals surface area contributed by atoms with E-state index in [2.05, 4.69) is 0 Å². The van der Waals surface area contributed by atoms with Crippen molar-refractivity contribution in [3.8, 4) is 18.2 Å². The fourth-order valence-corrected chi connectivity index (χ4v) is 2.95. The number of rotatable bonds is 0. The van der Waals surface area contributed by atoms with Gasteiger partial charge in [0.2, 0.25) is 0 Å². The fourth-order valence-electron chi connectivity index (χ4n) is 2.95. The Hall–Kier alpha value is -3.40. The number of nitriles is 3. The van der Waals surface area contributed by atoms with Gasteiger partial charge >= 0.3 is 0 Å². The smallest absolute Gasteiger partial charge is 0.200 e. The molecule has 6 heteroatoms. The summed E-state index contributed by atoms with van der Waals surface area (Å²) in [5.41, 5.74) is 2.44. The second-order valence-corrected chi connectivity index (χ2v) is 5.51. The number of benzene rings is 1. The van der Waals surface area contributed by atoms with E-state index in [0.717, 1.165) is 0 Å². The minimum Gasteiger partial charge on any atom is -0.456 e. The molecule has 0 fully saturated rings. The van der Waals surface area contributed by atoms with Gasteiger partial charge in [-0.05, 0) is 25.1 Å². The molecule has 1 heterocycles. The molecule has 1 aromatic carbocycles. The Bertz CT molecular complexity index is 1040. The van der Waals surface area contributed by atoms with E-state index in [4.69, 9.17) is 10.2 Å². The average molecular weight is 302 g/mol. The third kappa shape index (κ3) is 1.60. The molecular weight excluding hydrogens is 292 g/mol. The summed E-state index contributed by atoms with van der Waals surface area (Å²) in [5, 5.41) is 28.7. The topological polar surface area (TPSA) is 128 Å². The minimum atomic E-state index is -1.95. The van der Waals surface area contributed by atoms with Gasteiger partial charge in [-0.15, -0.1) is 0 Å². The lowest BCUT2D eigenvalue weighted by Gasteiger charge is -2.38. The summed E-state index contributed by atoms with van der Waals surface area (Å²) in [6.07, 6.45) is 1.25. The predicted octanol–water partition coefficient (Wildman–Crippen LogP) is 1.92. The van der Waals surface area contributed by atoms with E-state index in [1.165, 1.54) is 13.0 Å². The lowest BCUT2D eigenvalue weighted by molar-refractivity contribution is 0.320. The highest BCUT2D eigenvalue weighted by Crippen LogP contribution is 2.47. The highest BCUT2D eigenvalue weighted by Gasteiger charge is 2.56. The Labute approximate surface area is 131 Å². The van der Waals surface area contributed by atoms with E-state index >= 15 is 0 Å². The molecule has 0 aliphatic heterocycles. The van der Waals surface area contributed by atoms with Crippen LogP contribution >= 0.6 is 0 Å². The van der Waals surface area contributed by atoms with Crippen LogP contribution in [0.1, 0.15) is 18.2 Å². The molecule has 1 aromatic heterocycles. The molecule has 1 unspecified atom stereocenters. The van der Waals surface area contributed by atoms with Gasteiger partial charge in [0.05, 0.1) is 40.3 Å². The van der Waals surface area contributed by atoms with Gasteiger partial charge in [-0.3, -0.25) is 4.79 Å². The Balaban J connectivity index is 2.55. The van der Waals surface area contributed by atoms with Crippen LogP contribution < -0.4 is 11.2 Å². The van der Waals surface area contributed by atoms with E-state index < -0.39 is 16.4 Å². The highest BCUT2D eigenvalue weighted by atomic mass is 16.3. The summed E-state index contributed by atoms with van der Waals surface area (Å²) in [7, 11) is 0. The van der Waals surface area contributed by atoms with Crippen LogP contribution in [0.25, 0.3) is 17.0 Å². The molecule has 1 atom stereocenters. The van der Waals surface area contributed by atoms with Crippen molar-refractivity contribution in [1.82, 2.24) is 0 Å². The Morgan fingerprint density at radius 2 is 1.83 bits per heavy atom. The van der Waals surface area contributed by atoms with Crippen LogP contribution in [0, 0.1) is 39.4 Å². The normalized spacial score (nSPS) is 21.4. The van der Waals surface area contributed by atoms with Crippen molar-refractivity contribution >= 4 is 17.0 Å². The van der Waals surface area contributed by atoms with Crippen molar-refractivity contribution in [2.24, 2.45) is 11.1 Å². The third-order valence-corrected chi connectivity index (χ3v) is 4.26. The van der Waals surface area contributed by atoms with Gasteiger partial charge in [-0.2, -0.15) is 15.8 Å². The summed E-state index contributed by atoms with van der Waals surface area (Å²) >= 11 is 0. The first kappa shape index (κ1) is 14.5. The molecule has 3 rings (SSSR count). The fraction of sp³-hybridized carbons (Fsp3) is 0.176. The second-order valence-electron chi connectivity index (χ2n) is 5.51. The van der Waals surface area contributed by atoms with Gasteiger partial charge in [0.25, 0.3) is 0 Å². The summed E-state index contributed by atoms with van der Waals surface area (Å²) in [6.45, 7) is 1.40. The largest absolute Gasteiger partial charge is 0.456 e. The molecule has 2 aromatic rings. The molecule has 0 bridgehead atoms. The SMILES string of the molecule is CC1(N)c2c(oc3ccccc3c2=O)C=C(C#N)C1(C#N)C#N. The molecule has 2 N–H and O–H groups in total. The molecular formula is C17H10N4O2. The van der Waals surface area contributed by atoms with Crippen molar-refractivity contribution in [3.63, 3.8) is 0 Å². The Morgan fingerprint density at radius 1 is 1.17 bits per heavy atom. The van der Waals surface area contributed by atoms with Crippen molar-refractivity contribution in [2.75, 3.05) is 0 Å². The van der Waals surface area contributed by atoms with E-state index in [-0.39, 0.29) is 16.9 Å². The van der Waals surface area contributed by atoms with Gasteiger partial charge in [0.15, 0.2) is 10.8 Å². The molecule has 1 aliphatic carbocycles. The molecule has 0 spiro atoms. The van der Waals surface area contributed by atoms with Crippen LogP contribution in [-0.2, 0) is 5.54 Å². The number of hydrogen-bond donors (Lipinski definition) is 1. The van der Waals surface area contributed by atoms with Crippen LogP contribution in [0.15, 0.2) is 39.1 Å². The van der Waals surface area contributed by atoms with Crippen LogP contribution in [0.5, 0.6) is 0 Å². The van der Waals surface area contributed by atoms with E-state index in [9.17, 15) is 20.6 Å². The lowest BCUT2D eigenvalue weighted by atomic mass is 9.62. The number of hydrogen-bond acceptors (Lipinski definition) is 6. The zero-order valence-corrected chi connectivity index (χ0v) is 12.1. The maximum Gasteiger partial charge on any atom is 0.200 e. The van der Waals surface area contributed by atoms with E-state index in [0.29, 0.717) is 11.0 Å². The third-order valence-electron chi connectivity index (χ3n) is 4.26. The quantitative estimate of drug-likeness (QED) is 0.791. The zero-order valence-electron chi connectivity index (χ0n) is 12.1. The van der Waals surface area contributed by atoms with Gasteiger partial charge in [-0.1, -0.05) is 12.1 Å². The first-order valence-electron chi connectivity index (χ1n) is 6.73. The first-order valence-corrected chi connectivity index (χ1v) is 6.73. The molecule has 0 amide bonds. The Morgan fingerprint density at radius 3 is 2.43 bits per heavy atom. The number of para-hydroxylation sites is 1. The molecule has 0 radical (unpaired) electrons. The summed E-state index contributed by atoms with van der Waals surface area (Å²) < 4.78 is 5.69. The summed E-state index contributed by atoms with van der Waals surface area (Å²) in [4.78, 5) is 12.8. The molecule has 110 valence electrons. The molecule has 0 saturated heterocycles. The lowest BCUT2D eigenvalue weighted by Crippen LogP contribution is -2.54. The standard InChI is InChI=1S/C17H10N4O2/c1-16(21)14-13(6-10(7-18)17(16,8-19)9-20)23-12-5-3-2-4-11(12)15(14)22/h2-6H,21H2,1H3. The van der Waals surface area contributed by atoms with Crippen LogP contribution in [0.3, 0.4) is 0 Å². The summed E-state index contributed by atoms with van der Waals surface area (Å²) in [6, 6.07) is 12.1. The first-order chi connectivity index (χ1) is 10.9. The zero-order chi connectivity index (χ0) is 16.8. The molecule has 1 aliphatic rings. The maximum atomic E-state index is 12.8. The number of nitrogens with two attached hydrogens (primary N) is 1. The molecule has 23 heavy (non-hydrogen) atoms. The van der Waals surface area contributed by atoms with Gasteiger partial charge < -0.3 is 10.2 Å². The minimum absolute atomic E-state index is 0.0262. The van der Waals surface area contributed by atoms with Gasteiger partial charge in [0, 0.05) is 0 Å². The van der Waals surface area contributed by atoms with E-state index in [1.54, 1.807) is 24.3 Å². The molecule has 0 saturated carbocycles. The Kier molecular flexibility index (Phi) is 2.87. The average Bonchev–Trinajstić information content (AvgIpc) is 2.54. The van der Waals surface area contributed by atoms with Crippen molar-refractivity contribution in [2.45, 2.75) is 12.5 Å². The van der Waals surface area contributed by atoms with Crippen LogP contribution in [0.2, 0.25) is 0 Å². The number of fused-ring (bicyclic) bond motifs is 2. The van der Waals surface area contributed by atoms with Crippen molar-refractivity contribution < 1.29 is 4.42 Å². The molecule has 6 nitrogen and oxygen atoms in total. The highest BCUT2D eigenvalue weighted by molar-refractivity contribution is 5.81. The predicted molar refractivity (Wildman–Crippen MR) is 81.3 cm³/mol. The summed E-state index contributed by atoms with van der Waals surface area (Å²) in [5.74, 6) is 0.108. The monoisotopic (exact) mass is 302 g/mol. The number of nitrogens with zero attached hydrogens (tertiary/aromatic N) is 3. The van der Waals surface area contributed by atoms with Crippen LogP contribution in [0.4, 0.5) is 0 Å². The maximum absolute atomic E-state index is 12.8.